The van der Waals surface area contributed by atoms with Gasteiger partial charge < -0.3 is 101 Å². The van der Waals surface area contributed by atoms with E-state index in [1.165, 1.54) is 5.69 Å². The molecule has 15 heterocycles. The molecule has 15 aromatic rings. The number of aromatic amines is 5. The minimum atomic E-state index is -0.151. The Morgan fingerprint density at radius 2 is 0.642 bits per heavy atom. The Bertz CT molecular complexity index is 5800. The molecule has 134 heavy (non-hydrogen) atoms. The molecule has 5 aliphatic rings. The highest BCUT2D eigenvalue weighted by Crippen LogP contribution is 2.31. The number of amides is 5. The lowest BCUT2D eigenvalue weighted by Gasteiger charge is -2.33. The molecule has 0 spiro atoms. The molecule has 33 nitrogen and oxygen atoms in total. The average Bonchev–Trinajstić information content (AvgIpc) is 1.02. The molecule has 0 radical (unpaired) electrons. The van der Waals surface area contributed by atoms with Crippen LogP contribution in [0.4, 0.5) is 57.7 Å². The number of aromatic nitrogens is 13. The zero-order valence-electron chi connectivity index (χ0n) is 77.5. The molecule has 0 unspecified atom stereocenters. The summed E-state index contributed by atoms with van der Waals surface area (Å²) in [7, 11) is 17.5. The van der Waals surface area contributed by atoms with Gasteiger partial charge in [-0.1, -0.05) is 6.07 Å². The van der Waals surface area contributed by atoms with Crippen molar-refractivity contribution in [2.24, 2.45) is 0 Å². The Labute approximate surface area is 779 Å². The summed E-state index contributed by atoms with van der Waals surface area (Å²) in [6.07, 6.45) is 34.5. The third-order valence-electron chi connectivity index (χ3n) is 26.2. The van der Waals surface area contributed by atoms with E-state index in [1.54, 1.807) is 116 Å². The SMILES string of the molecule is CN(C(=O)c1ccc2cc(N(C)C3CCNCC3)ccc2n1)c1cc[nH]c1.CN(C(=O)c1ccc2nc(N(C)C3CCNCC3)ccc2c1)c1cc[nH]c1.CN(C(=O)c1ccc2nc(N(C)C3CCNCC3)cnc2c1)c1cc[nH]c1.CN(C(=O)c1ccc2nc(N(C)C3CCNCC3)ncc2c1)c1cc[nH]c1.CN(c1ncc2cc(C(=O)Nc3cc[nH]c3)ccc2n1)C1CCNCC1. The van der Waals surface area contributed by atoms with Crippen molar-refractivity contribution in [3.63, 3.8) is 0 Å². The number of hydrogen-bond donors (Lipinski definition) is 11. The lowest BCUT2D eigenvalue weighted by atomic mass is 10.0. The highest BCUT2D eigenvalue weighted by atomic mass is 16.2. The van der Waals surface area contributed by atoms with Crippen LogP contribution in [-0.4, -0.2) is 253 Å². The molecule has 20 rings (SSSR count). The first kappa shape index (κ1) is 92.8. The monoisotopic (exact) mass is 1800 g/mol. The van der Waals surface area contributed by atoms with Crippen LogP contribution in [0.3, 0.4) is 0 Å². The van der Waals surface area contributed by atoms with Gasteiger partial charge in [-0.25, -0.2) is 34.9 Å². The minimum absolute atomic E-state index is 0.0348. The van der Waals surface area contributed by atoms with Crippen LogP contribution in [0.2, 0.25) is 0 Å². The van der Waals surface area contributed by atoms with Gasteiger partial charge in [-0.05, 0) is 269 Å². The number of nitrogens with zero attached hydrogens (tertiary/aromatic N) is 17. The number of rotatable bonds is 20. The maximum absolute atomic E-state index is 12.7. The molecular weight excluding hydrogens is 1690 g/mol. The van der Waals surface area contributed by atoms with Crippen LogP contribution in [-0.2, 0) is 0 Å². The fourth-order valence-electron chi connectivity index (χ4n) is 17.7. The Morgan fingerprint density at radius 3 is 1.10 bits per heavy atom. The second-order valence-electron chi connectivity index (χ2n) is 34.7. The summed E-state index contributed by atoms with van der Waals surface area (Å²) in [5, 5.41) is 23.6. The third kappa shape index (κ3) is 22.5. The predicted molar refractivity (Wildman–Crippen MR) is 536 cm³/mol. The van der Waals surface area contributed by atoms with Gasteiger partial charge in [-0.2, -0.15) is 0 Å². The number of benzene rings is 5. The molecule has 5 aromatic carbocycles. The standard InChI is InChI=1S/2C21H25N5O.2C20H24N6O.C19H22N6O/c1-25(17-7-10-22-11-8-17)20-6-4-15-13-16(3-5-19(15)24-20)21(27)26(2)18-9-12-23-14-18;1-25(16-7-10-22-11-8-16)17-4-6-19-15(13-17)3-5-20(24-19)21(27)26(2)18-9-12-23-14-18;1-25(17-7-10-22-13-17)19(27)14-3-4-18-15(11-14)12-23-20(24-18)26(2)16-5-8-21-9-6-16;1-25(15-5-8-21-9-6-15)19-13-23-18-11-14(3-4-17(18)24-19)20(27)26(2)16-7-10-22-12-16;1-25(16-5-8-20-9-6-16)19-22-11-14-10-13(2-3-17(14)24-19)18(26)23-15-4-7-21-12-15/h3-6,9,12-14,17,22-23H,7-8,10-11H2,1-2H3;3-6,9,12-14,16,22-23H,7-8,10-11H2,1-2H3;3-4,7,10-13,16,21-22H,5-6,8-9H2,1-2H3;3-4,7,10-13,15,21-22H,5-6,8-9H2,1-2H3;2-4,7,10-12,16,20-21H,5-6,8-9H2,1H3,(H,23,26). The van der Waals surface area contributed by atoms with Crippen LogP contribution >= 0.6 is 0 Å². The van der Waals surface area contributed by atoms with Gasteiger partial charge in [0.05, 0.1) is 67.7 Å². The highest BCUT2D eigenvalue weighted by Gasteiger charge is 2.28. The average molecular weight is 1810 g/mol. The molecule has 33 heteroatoms. The molecule has 10 aromatic heterocycles. The van der Waals surface area contributed by atoms with E-state index in [1.807, 2.05) is 134 Å². The lowest BCUT2D eigenvalue weighted by Crippen LogP contribution is -2.41. The highest BCUT2D eigenvalue weighted by molar-refractivity contribution is 6.10. The van der Waals surface area contributed by atoms with E-state index in [-0.39, 0.29) is 29.5 Å². The fraction of sp³-hybridized carbons (Fsp3) is 0.337. The molecule has 0 aliphatic carbocycles. The maximum atomic E-state index is 12.7. The first-order valence-electron chi connectivity index (χ1n) is 46.1. The predicted octanol–water partition coefficient (Wildman–Crippen LogP) is 13.3. The molecule has 5 saturated heterocycles. The third-order valence-corrected chi connectivity index (χ3v) is 26.2. The van der Waals surface area contributed by atoms with Crippen molar-refractivity contribution >= 4 is 142 Å². The van der Waals surface area contributed by atoms with Crippen molar-refractivity contribution < 1.29 is 24.0 Å². The van der Waals surface area contributed by atoms with Gasteiger partial charge in [0.2, 0.25) is 11.9 Å². The van der Waals surface area contributed by atoms with Gasteiger partial charge in [-0.15, -0.1) is 0 Å². The summed E-state index contributed by atoms with van der Waals surface area (Å²) in [4.78, 5) is 133. The summed E-state index contributed by atoms with van der Waals surface area (Å²) >= 11 is 0. The maximum Gasteiger partial charge on any atom is 0.276 e. The van der Waals surface area contributed by atoms with Gasteiger partial charge in [0.1, 0.15) is 17.3 Å². The van der Waals surface area contributed by atoms with Crippen LogP contribution < -0.4 is 76.0 Å². The topological polar surface area (TPSA) is 369 Å². The first-order chi connectivity index (χ1) is 65.2. The summed E-state index contributed by atoms with van der Waals surface area (Å²) < 4.78 is 0. The van der Waals surface area contributed by atoms with E-state index in [2.05, 4.69) is 166 Å². The molecule has 0 atom stereocenters. The van der Waals surface area contributed by atoms with Gasteiger partial charge in [-0.3, -0.25) is 29.0 Å². The van der Waals surface area contributed by atoms with Crippen molar-refractivity contribution in [1.82, 2.24) is 91.4 Å². The quantitative estimate of drug-likeness (QED) is 0.0338. The number of piperidine rings is 5. The summed E-state index contributed by atoms with van der Waals surface area (Å²) in [5.74, 6) is 2.88. The number of hydrogen-bond acceptors (Lipinski definition) is 23. The molecule has 694 valence electrons. The Kier molecular flexibility index (Phi) is 30.2. The van der Waals surface area contributed by atoms with E-state index in [0.717, 1.165) is 236 Å². The first-order valence-corrected chi connectivity index (χ1v) is 46.1. The van der Waals surface area contributed by atoms with E-state index in [4.69, 9.17) is 15.0 Å². The van der Waals surface area contributed by atoms with Crippen molar-refractivity contribution in [1.29, 1.82) is 0 Å². The summed E-state index contributed by atoms with van der Waals surface area (Å²) in [5.41, 5.74) is 13.1. The second kappa shape index (κ2) is 43.7. The molecular formula is C101H120N28O5. The zero-order valence-corrected chi connectivity index (χ0v) is 77.5. The van der Waals surface area contributed by atoms with Crippen molar-refractivity contribution in [3.05, 3.63) is 254 Å². The number of anilines is 10. The van der Waals surface area contributed by atoms with Gasteiger partial charge in [0, 0.05) is 217 Å². The van der Waals surface area contributed by atoms with E-state index in [9.17, 15) is 24.0 Å². The van der Waals surface area contributed by atoms with Gasteiger partial charge in [0.15, 0.2) is 0 Å². The van der Waals surface area contributed by atoms with Crippen LogP contribution in [0.1, 0.15) is 116 Å². The van der Waals surface area contributed by atoms with Crippen LogP contribution in [0.15, 0.2) is 226 Å². The molecule has 5 fully saturated rings. The molecule has 5 amide bonds. The van der Waals surface area contributed by atoms with Crippen molar-refractivity contribution in [2.75, 3.05) is 178 Å². The van der Waals surface area contributed by atoms with Crippen LogP contribution in [0, 0.1) is 0 Å². The van der Waals surface area contributed by atoms with E-state index >= 15 is 0 Å². The van der Waals surface area contributed by atoms with Crippen LogP contribution in [0.25, 0.3) is 54.6 Å². The van der Waals surface area contributed by atoms with Crippen LogP contribution in [0.5, 0.6) is 0 Å². The van der Waals surface area contributed by atoms with Crippen molar-refractivity contribution in [2.45, 2.75) is 94.4 Å². The Hall–Kier alpha value is -14.5. The van der Waals surface area contributed by atoms with E-state index < -0.39 is 0 Å². The second-order valence-corrected chi connectivity index (χ2v) is 34.7. The van der Waals surface area contributed by atoms with Crippen molar-refractivity contribution in [3.8, 4) is 0 Å². The number of carbonyl (C=O) groups is 5. The number of pyridine rings is 2. The lowest BCUT2D eigenvalue weighted by molar-refractivity contribution is 0.0982. The Balaban J connectivity index is 0.000000122. The zero-order chi connectivity index (χ0) is 93.1. The van der Waals surface area contributed by atoms with Gasteiger partial charge in [0.25, 0.3) is 29.5 Å². The minimum Gasteiger partial charge on any atom is -0.371 e. The number of nitrogens with one attached hydrogen (secondary N) is 11. The summed E-state index contributed by atoms with van der Waals surface area (Å²) in [6, 6.07) is 48.2. The largest absolute Gasteiger partial charge is 0.371 e. The fourth-order valence-corrected chi connectivity index (χ4v) is 17.7. The van der Waals surface area contributed by atoms with Gasteiger partial charge >= 0.3 is 0 Å². The Morgan fingerprint density at radius 1 is 0.284 bits per heavy atom. The molecule has 5 aliphatic heterocycles. The normalized spacial score (nSPS) is 15.1. The smallest absolute Gasteiger partial charge is 0.276 e. The van der Waals surface area contributed by atoms with E-state index in [0.29, 0.717) is 58.2 Å². The molecule has 11 N–H and O–H groups in total. The molecule has 0 saturated carbocycles. The summed E-state index contributed by atoms with van der Waals surface area (Å²) in [6.45, 7) is 10.5. The number of fused-ring (bicyclic) bond motifs is 5. The number of H-pyrrole nitrogens is 5. The molecule has 0 bridgehead atoms. The number of carbonyl (C=O) groups excluding carboxylic acids is 5.